The summed E-state index contributed by atoms with van der Waals surface area (Å²) in [5.41, 5.74) is 6.88. The number of primary amides is 1. The van der Waals surface area contributed by atoms with Crippen LogP contribution in [-0.4, -0.2) is 47.6 Å². The van der Waals surface area contributed by atoms with E-state index in [0.717, 1.165) is 15.2 Å². The Morgan fingerprint density at radius 1 is 1.46 bits per heavy atom. The van der Waals surface area contributed by atoms with Crippen LogP contribution in [0, 0.1) is 0 Å². The van der Waals surface area contributed by atoms with Crippen molar-refractivity contribution in [2.24, 2.45) is 5.73 Å². The number of nitrogens with two attached hydrogens (primary N) is 1. The number of benzene rings is 1. The van der Waals surface area contributed by atoms with Crippen molar-refractivity contribution in [1.82, 2.24) is 9.88 Å². The van der Waals surface area contributed by atoms with Crippen LogP contribution in [0.2, 0.25) is 0 Å². The Morgan fingerprint density at radius 2 is 2.25 bits per heavy atom. The van der Waals surface area contributed by atoms with Gasteiger partial charge in [0.05, 0.1) is 28.4 Å². The summed E-state index contributed by atoms with van der Waals surface area (Å²) in [6.45, 7) is 5.10. The van der Waals surface area contributed by atoms with Crippen molar-refractivity contribution in [2.45, 2.75) is 25.9 Å². The molecule has 0 aliphatic carbocycles. The van der Waals surface area contributed by atoms with E-state index in [-0.39, 0.29) is 12.6 Å². The highest BCUT2D eigenvalue weighted by molar-refractivity contribution is 7.18. The van der Waals surface area contributed by atoms with E-state index in [4.69, 9.17) is 10.5 Å². The molecular formula is C16H20N4O3S. The van der Waals surface area contributed by atoms with Crippen LogP contribution in [0.15, 0.2) is 18.2 Å². The highest BCUT2D eigenvalue weighted by Crippen LogP contribution is 2.29. The van der Waals surface area contributed by atoms with Crippen molar-refractivity contribution in [3.63, 3.8) is 0 Å². The van der Waals surface area contributed by atoms with Crippen LogP contribution in [-0.2, 0) is 9.53 Å². The Morgan fingerprint density at radius 3 is 2.96 bits per heavy atom. The van der Waals surface area contributed by atoms with Crippen LogP contribution in [0.4, 0.5) is 10.5 Å². The molecule has 3 amide bonds. The van der Waals surface area contributed by atoms with Crippen molar-refractivity contribution in [3.05, 3.63) is 23.2 Å². The van der Waals surface area contributed by atoms with E-state index in [1.54, 1.807) is 11.3 Å². The number of ether oxygens (including phenoxy) is 1. The number of anilines is 1. The number of morpholine rings is 1. The molecule has 2 aromatic rings. The summed E-state index contributed by atoms with van der Waals surface area (Å²) in [6, 6.07) is 5.38. The summed E-state index contributed by atoms with van der Waals surface area (Å²) in [5.74, 6) is -0.181. The zero-order valence-corrected chi connectivity index (χ0v) is 14.4. The van der Waals surface area contributed by atoms with Crippen LogP contribution in [0.1, 0.15) is 24.8 Å². The number of thiazole rings is 1. The van der Waals surface area contributed by atoms with Crippen molar-refractivity contribution < 1.29 is 14.3 Å². The molecular weight excluding hydrogens is 328 g/mol. The first-order valence-electron chi connectivity index (χ1n) is 7.81. The third-order valence-corrected chi connectivity index (χ3v) is 5.14. The number of rotatable bonds is 3. The Labute approximate surface area is 143 Å². The zero-order valence-electron chi connectivity index (χ0n) is 13.6. The lowest BCUT2D eigenvalue weighted by atomic mass is 10.2. The highest BCUT2D eigenvalue weighted by atomic mass is 32.1. The first kappa shape index (κ1) is 16.7. The molecule has 24 heavy (non-hydrogen) atoms. The molecule has 1 saturated heterocycles. The quantitative estimate of drug-likeness (QED) is 0.888. The fraction of sp³-hybridized carbons (Fsp3) is 0.438. The second-order valence-electron chi connectivity index (χ2n) is 6.03. The molecule has 0 spiro atoms. The lowest BCUT2D eigenvalue weighted by Gasteiger charge is -2.31. The summed E-state index contributed by atoms with van der Waals surface area (Å²) in [6.07, 6.45) is -0.748. The topological polar surface area (TPSA) is 97.6 Å². The van der Waals surface area contributed by atoms with E-state index in [0.29, 0.717) is 24.8 Å². The normalized spacial score (nSPS) is 18.1. The van der Waals surface area contributed by atoms with Crippen LogP contribution in [0.3, 0.4) is 0 Å². The summed E-state index contributed by atoms with van der Waals surface area (Å²) < 4.78 is 6.29. The maximum atomic E-state index is 12.4. The molecule has 1 aromatic carbocycles. The van der Waals surface area contributed by atoms with Gasteiger partial charge in [0.25, 0.3) is 0 Å². The minimum atomic E-state index is -0.748. The van der Waals surface area contributed by atoms with E-state index >= 15 is 0 Å². The van der Waals surface area contributed by atoms with Crippen LogP contribution < -0.4 is 11.1 Å². The second kappa shape index (κ2) is 6.74. The van der Waals surface area contributed by atoms with Crippen molar-refractivity contribution in [1.29, 1.82) is 0 Å². The molecule has 1 fully saturated rings. The molecule has 3 rings (SSSR count). The van der Waals surface area contributed by atoms with Crippen LogP contribution in [0.25, 0.3) is 10.2 Å². The smallest absolute Gasteiger partial charge is 0.322 e. The third-order valence-electron chi connectivity index (χ3n) is 3.82. The summed E-state index contributed by atoms with van der Waals surface area (Å²) >= 11 is 1.63. The van der Waals surface area contributed by atoms with Gasteiger partial charge in [-0.25, -0.2) is 9.78 Å². The third kappa shape index (κ3) is 3.49. The van der Waals surface area contributed by atoms with Gasteiger partial charge in [-0.1, -0.05) is 13.8 Å². The standard InChI is InChI=1S/C16H20N4O3S/c1-9(2)15-19-11-4-3-10(7-13(11)24-15)18-16(22)20-5-6-23-12(8-20)14(17)21/h3-4,7,9,12H,5-6,8H2,1-2H3,(H2,17,21)(H,18,22). The number of fused-ring (bicyclic) bond motifs is 1. The van der Waals surface area contributed by atoms with Crippen molar-refractivity contribution in [3.8, 4) is 0 Å². The van der Waals surface area contributed by atoms with Crippen molar-refractivity contribution in [2.75, 3.05) is 25.0 Å². The lowest BCUT2D eigenvalue weighted by Crippen LogP contribution is -2.51. The van der Waals surface area contributed by atoms with Crippen LogP contribution in [0.5, 0.6) is 0 Å². The van der Waals surface area contributed by atoms with E-state index in [1.165, 1.54) is 4.90 Å². The molecule has 2 heterocycles. The number of nitrogens with zero attached hydrogens (tertiary/aromatic N) is 2. The molecule has 7 nitrogen and oxygen atoms in total. The summed E-state index contributed by atoms with van der Waals surface area (Å²) in [4.78, 5) is 29.7. The van der Waals surface area contributed by atoms with Gasteiger partial charge >= 0.3 is 6.03 Å². The van der Waals surface area contributed by atoms with Gasteiger partial charge in [-0.3, -0.25) is 4.79 Å². The van der Waals surface area contributed by atoms with Gasteiger partial charge in [0, 0.05) is 18.2 Å². The maximum absolute atomic E-state index is 12.4. The van der Waals surface area contributed by atoms with Gasteiger partial charge in [-0.2, -0.15) is 0 Å². The Kier molecular flexibility index (Phi) is 4.68. The molecule has 1 unspecified atom stereocenters. The Balaban J connectivity index is 1.72. The molecule has 3 N–H and O–H groups in total. The monoisotopic (exact) mass is 348 g/mol. The second-order valence-corrected chi connectivity index (χ2v) is 7.09. The van der Waals surface area contributed by atoms with Gasteiger partial charge in [-0.05, 0) is 18.2 Å². The average molecular weight is 348 g/mol. The number of aromatic nitrogens is 1. The van der Waals surface area contributed by atoms with E-state index in [2.05, 4.69) is 24.1 Å². The van der Waals surface area contributed by atoms with E-state index < -0.39 is 12.0 Å². The number of hydrogen-bond acceptors (Lipinski definition) is 5. The molecule has 128 valence electrons. The van der Waals surface area contributed by atoms with Gasteiger partial charge in [0.2, 0.25) is 5.91 Å². The first-order valence-corrected chi connectivity index (χ1v) is 8.63. The number of amides is 3. The van der Waals surface area contributed by atoms with Gasteiger partial charge in [0.1, 0.15) is 0 Å². The van der Waals surface area contributed by atoms with Gasteiger partial charge in [-0.15, -0.1) is 11.3 Å². The number of carbonyl (C=O) groups is 2. The SMILES string of the molecule is CC(C)c1nc2ccc(NC(=O)N3CCOC(C(N)=O)C3)cc2s1. The minimum Gasteiger partial charge on any atom is -0.367 e. The van der Waals surface area contributed by atoms with E-state index in [1.807, 2.05) is 18.2 Å². The number of carbonyl (C=O) groups excluding carboxylic acids is 2. The largest absolute Gasteiger partial charge is 0.367 e. The molecule has 0 saturated carbocycles. The molecule has 0 bridgehead atoms. The fourth-order valence-corrected chi connectivity index (χ4v) is 3.48. The molecule has 1 atom stereocenters. The first-order chi connectivity index (χ1) is 11.4. The molecule has 8 heteroatoms. The Bertz CT molecular complexity index is 774. The van der Waals surface area contributed by atoms with E-state index in [9.17, 15) is 9.59 Å². The molecule has 1 aliphatic rings. The van der Waals surface area contributed by atoms with Crippen LogP contribution >= 0.6 is 11.3 Å². The summed E-state index contributed by atoms with van der Waals surface area (Å²) in [7, 11) is 0. The zero-order chi connectivity index (χ0) is 17.3. The predicted octanol–water partition coefficient (Wildman–Crippen LogP) is 2.14. The highest BCUT2D eigenvalue weighted by Gasteiger charge is 2.27. The lowest BCUT2D eigenvalue weighted by molar-refractivity contribution is -0.133. The van der Waals surface area contributed by atoms with Gasteiger partial charge in [0.15, 0.2) is 6.10 Å². The Hall–Kier alpha value is -2.19. The minimum absolute atomic E-state index is 0.168. The number of nitrogens with one attached hydrogen (secondary N) is 1. The number of urea groups is 1. The maximum Gasteiger partial charge on any atom is 0.322 e. The molecule has 1 aliphatic heterocycles. The number of hydrogen-bond donors (Lipinski definition) is 2. The van der Waals surface area contributed by atoms with Crippen molar-refractivity contribution >= 4 is 39.2 Å². The molecule has 1 aromatic heterocycles. The fourth-order valence-electron chi connectivity index (χ4n) is 2.48. The summed E-state index contributed by atoms with van der Waals surface area (Å²) in [5, 5.41) is 3.93. The average Bonchev–Trinajstić information content (AvgIpc) is 2.98. The van der Waals surface area contributed by atoms with Gasteiger partial charge < -0.3 is 20.7 Å². The predicted molar refractivity (Wildman–Crippen MR) is 93.2 cm³/mol. The molecule has 0 radical (unpaired) electrons.